The fourth-order valence-electron chi connectivity index (χ4n) is 2.49. The van der Waals surface area contributed by atoms with E-state index >= 15 is 0 Å². The number of nitrogens with zero attached hydrogens (tertiary/aromatic N) is 6. The zero-order valence-corrected chi connectivity index (χ0v) is 19.3. The highest BCUT2D eigenvalue weighted by atomic mass is 35.5. The monoisotopic (exact) mass is 509 g/mol. The Labute approximate surface area is 197 Å². The lowest BCUT2D eigenvalue weighted by molar-refractivity contribution is 0.0602. The maximum atomic E-state index is 13.6. The number of esters is 1. The van der Waals surface area contributed by atoms with Gasteiger partial charge in [0.25, 0.3) is 15.2 Å². The Morgan fingerprint density at radius 1 is 1.21 bits per heavy atom. The molecule has 0 radical (unpaired) electrons. The molecular formula is C19H17ClFN7O5S. The van der Waals surface area contributed by atoms with E-state index in [4.69, 9.17) is 16.3 Å². The van der Waals surface area contributed by atoms with Gasteiger partial charge in [0.15, 0.2) is 5.65 Å². The molecule has 178 valence electrons. The summed E-state index contributed by atoms with van der Waals surface area (Å²) in [4.78, 5) is 26.5. The fraction of sp³-hybridized carbons (Fsp3) is 0.158. The molecule has 4 rings (SSSR count). The largest absolute Gasteiger partial charge is 0.465 e. The van der Waals surface area contributed by atoms with Gasteiger partial charge in [-0.2, -0.15) is 27.3 Å². The summed E-state index contributed by atoms with van der Waals surface area (Å²) >= 11 is 6.03. The molecule has 1 N–H and O–H groups in total. The zero-order valence-electron chi connectivity index (χ0n) is 17.7. The summed E-state index contributed by atoms with van der Waals surface area (Å²) in [5.74, 6) is -1.72. The number of carbonyl (C=O) groups excluding carboxylic acids is 1. The number of hydrogen-bond acceptors (Lipinski definition) is 10. The Balaban J connectivity index is 0.000000469. The first-order valence-corrected chi connectivity index (χ1v) is 11.3. The van der Waals surface area contributed by atoms with Crippen LogP contribution in [0, 0.1) is 5.95 Å². The van der Waals surface area contributed by atoms with Crippen LogP contribution in [0.4, 0.5) is 10.1 Å². The number of aromatic nitrogens is 6. The number of benzene rings is 1. The van der Waals surface area contributed by atoms with Crippen LogP contribution in [0.2, 0.25) is 5.02 Å². The highest BCUT2D eigenvalue weighted by Gasteiger charge is 2.26. The van der Waals surface area contributed by atoms with Crippen LogP contribution in [0.5, 0.6) is 6.01 Å². The third-order valence-corrected chi connectivity index (χ3v) is 5.33. The van der Waals surface area contributed by atoms with Crippen molar-refractivity contribution in [1.82, 2.24) is 29.5 Å². The van der Waals surface area contributed by atoms with E-state index in [2.05, 4.69) is 34.5 Å². The van der Waals surface area contributed by atoms with Gasteiger partial charge >= 0.3 is 12.0 Å². The van der Waals surface area contributed by atoms with Crippen LogP contribution < -0.4 is 9.46 Å². The van der Waals surface area contributed by atoms with Crippen molar-refractivity contribution in [3.8, 4) is 6.01 Å². The second kappa shape index (κ2) is 10.8. The average molecular weight is 510 g/mol. The number of nitrogens with one attached hydrogen (secondary N) is 1. The quantitative estimate of drug-likeness (QED) is 0.303. The first kappa shape index (κ1) is 24.7. The Morgan fingerprint density at radius 2 is 1.94 bits per heavy atom. The summed E-state index contributed by atoms with van der Waals surface area (Å²) in [5, 5.41) is 3.07. The highest BCUT2D eigenvalue weighted by molar-refractivity contribution is 7.92. The predicted molar refractivity (Wildman–Crippen MR) is 118 cm³/mol. The number of para-hydroxylation sites is 1. The number of fused-ring (bicyclic) bond motifs is 1. The van der Waals surface area contributed by atoms with Crippen LogP contribution in [-0.2, 0) is 14.8 Å². The third-order valence-electron chi connectivity index (χ3n) is 3.89. The van der Waals surface area contributed by atoms with E-state index in [1.54, 1.807) is 25.4 Å². The summed E-state index contributed by atoms with van der Waals surface area (Å²) in [6.07, 6.45) is 4.88. The van der Waals surface area contributed by atoms with Crippen molar-refractivity contribution in [3.63, 3.8) is 0 Å². The van der Waals surface area contributed by atoms with Gasteiger partial charge < -0.3 is 9.47 Å². The Bertz CT molecular complexity index is 1380. The van der Waals surface area contributed by atoms with Gasteiger partial charge in [-0.1, -0.05) is 17.7 Å². The number of carbonyl (C=O) groups is 1. The van der Waals surface area contributed by atoms with Crippen LogP contribution in [0.3, 0.4) is 0 Å². The molecule has 0 aliphatic carbocycles. The van der Waals surface area contributed by atoms with Crippen molar-refractivity contribution >= 4 is 38.9 Å². The Hall–Kier alpha value is -3.91. The molecular weight excluding hydrogens is 493 g/mol. The van der Waals surface area contributed by atoms with Crippen LogP contribution in [0.15, 0.2) is 54.2 Å². The number of methoxy groups -OCH3 is 1. The molecule has 0 saturated heterocycles. The molecule has 0 aliphatic rings. The molecule has 4 aromatic rings. The SMILES string of the molecule is CCOc1nc(F)cc2nc(S(=O)(=O)Nc3c(Cl)cccc3C(=O)OC)nn12.c1cncnc1. The molecule has 3 aromatic heterocycles. The normalized spacial score (nSPS) is 10.8. The maximum absolute atomic E-state index is 13.6. The van der Waals surface area contributed by atoms with Gasteiger partial charge in [0.1, 0.15) is 6.33 Å². The lowest BCUT2D eigenvalue weighted by Crippen LogP contribution is -2.18. The van der Waals surface area contributed by atoms with Crippen molar-refractivity contribution in [3.05, 3.63) is 65.6 Å². The number of sulfonamides is 1. The van der Waals surface area contributed by atoms with Crippen molar-refractivity contribution in [1.29, 1.82) is 0 Å². The molecule has 0 unspecified atom stereocenters. The molecule has 0 fully saturated rings. The standard InChI is InChI=1S/C15H13ClFN5O5S.C4H4N2/c1-3-27-15-18-10(17)7-11-19-14(20-22(11)15)28(24,25)21-12-8(13(23)26-2)5-4-6-9(12)16;1-2-5-4-6-3-1/h4-7,21H,3H2,1-2H3;1-4H. The molecule has 0 aliphatic heterocycles. The van der Waals surface area contributed by atoms with E-state index in [0.29, 0.717) is 0 Å². The van der Waals surface area contributed by atoms with E-state index < -0.39 is 27.1 Å². The van der Waals surface area contributed by atoms with Crippen molar-refractivity contribution in [2.75, 3.05) is 18.4 Å². The number of anilines is 1. The summed E-state index contributed by atoms with van der Waals surface area (Å²) in [7, 11) is -3.26. The van der Waals surface area contributed by atoms with Crippen LogP contribution >= 0.6 is 11.6 Å². The minimum Gasteiger partial charge on any atom is -0.465 e. The number of rotatable bonds is 6. The smallest absolute Gasteiger partial charge is 0.340 e. The summed E-state index contributed by atoms with van der Waals surface area (Å²) in [6, 6.07) is 6.58. The molecule has 0 atom stereocenters. The van der Waals surface area contributed by atoms with E-state index in [-0.39, 0.29) is 34.5 Å². The predicted octanol–water partition coefficient (Wildman–Crippen LogP) is 2.38. The van der Waals surface area contributed by atoms with Gasteiger partial charge in [-0.25, -0.2) is 14.8 Å². The third kappa shape index (κ3) is 5.71. The second-order valence-electron chi connectivity index (χ2n) is 6.12. The highest BCUT2D eigenvalue weighted by Crippen LogP contribution is 2.29. The Morgan fingerprint density at radius 3 is 2.53 bits per heavy atom. The van der Waals surface area contributed by atoms with E-state index in [9.17, 15) is 17.6 Å². The molecule has 34 heavy (non-hydrogen) atoms. The van der Waals surface area contributed by atoms with Crippen LogP contribution in [-0.4, -0.2) is 57.7 Å². The molecule has 1 aromatic carbocycles. The average Bonchev–Trinajstić information content (AvgIpc) is 3.27. The molecule has 15 heteroatoms. The molecule has 0 bridgehead atoms. The molecule has 0 spiro atoms. The number of ether oxygens (including phenoxy) is 2. The van der Waals surface area contributed by atoms with E-state index in [1.165, 1.54) is 24.5 Å². The van der Waals surface area contributed by atoms with E-state index in [1.807, 2.05) is 0 Å². The minimum absolute atomic E-state index is 0.0436. The summed E-state index contributed by atoms with van der Waals surface area (Å²) in [6.45, 7) is 1.79. The lowest BCUT2D eigenvalue weighted by Gasteiger charge is -2.11. The van der Waals surface area contributed by atoms with Gasteiger partial charge in [-0.15, -0.1) is 5.10 Å². The molecule has 3 heterocycles. The van der Waals surface area contributed by atoms with E-state index in [0.717, 1.165) is 17.7 Å². The van der Waals surface area contributed by atoms with Crippen LogP contribution in [0.25, 0.3) is 5.65 Å². The van der Waals surface area contributed by atoms with Gasteiger partial charge in [0, 0.05) is 18.5 Å². The van der Waals surface area contributed by atoms with Gasteiger partial charge in [0.2, 0.25) is 5.95 Å². The lowest BCUT2D eigenvalue weighted by atomic mass is 10.2. The van der Waals surface area contributed by atoms with Gasteiger partial charge in [-0.3, -0.25) is 4.72 Å². The summed E-state index contributed by atoms with van der Waals surface area (Å²) in [5.41, 5.74) is -0.446. The fourth-order valence-corrected chi connectivity index (χ4v) is 3.75. The topological polar surface area (TPSA) is 151 Å². The number of hydrogen-bond donors (Lipinski definition) is 1. The summed E-state index contributed by atoms with van der Waals surface area (Å²) < 4.78 is 51.9. The van der Waals surface area contributed by atoms with Crippen LogP contribution in [0.1, 0.15) is 17.3 Å². The zero-order chi connectivity index (χ0) is 24.7. The second-order valence-corrected chi connectivity index (χ2v) is 8.11. The minimum atomic E-state index is -4.40. The van der Waals surface area contributed by atoms with Crippen molar-refractivity contribution < 1.29 is 27.1 Å². The Kier molecular flexibility index (Phi) is 7.86. The van der Waals surface area contributed by atoms with Gasteiger partial charge in [0.05, 0.1) is 30.0 Å². The molecule has 0 saturated carbocycles. The maximum Gasteiger partial charge on any atom is 0.340 e. The van der Waals surface area contributed by atoms with Crippen molar-refractivity contribution in [2.24, 2.45) is 0 Å². The van der Waals surface area contributed by atoms with Gasteiger partial charge in [-0.05, 0) is 25.1 Å². The molecule has 12 nitrogen and oxygen atoms in total. The first-order chi connectivity index (χ1) is 16.3. The first-order valence-electron chi connectivity index (χ1n) is 9.42. The number of halogens is 2. The van der Waals surface area contributed by atoms with Crippen molar-refractivity contribution in [2.45, 2.75) is 12.1 Å². The molecule has 0 amide bonds.